The van der Waals surface area contributed by atoms with Crippen molar-refractivity contribution in [2.75, 3.05) is 11.9 Å². The molecule has 94 valence electrons. The number of aliphatic hydroxyl groups is 1. The second-order valence-corrected chi connectivity index (χ2v) is 4.80. The second-order valence-electron chi connectivity index (χ2n) is 4.80. The molecule has 1 saturated carbocycles. The smallest absolute Gasteiger partial charge is 0.168 e. The minimum absolute atomic E-state index is 0.119. The van der Waals surface area contributed by atoms with Crippen molar-refractivity contribution in [3.05, 3.63) is 18.3 Å². The highest BCUT2D eigenvalue weighted by molar-refractivity contribution is 5.49. The Morgan fingerprint density at radius 1 is 1.53 bits per heavy atom. The number of pyridine rings is 1. The second kappa shape index (κ2) is 5.36. The average Bonchev–Trinajstić information content (AvgIpc) is 3.10. The SMILES string of the molecule is CC(C)Oc1cccnc1NCC(O)C1CC1. The van der Waals surface area contributed by atoms with Crippen molar-refractivity contribution in [2.45, 2.75) is 38.9 Å². The highest BCUT2D eigenvalue weighted by Crippen LogP contribution is 2.33. The van der Waals surface area contributed by atoms with Gasteiger partial charge in [-0.05, 0) is 44.7 Å². The lowest BCUT2D eigenvalue weighted by Crippen LogP contribution is -2.22. The summed E-state index contributed by atoms with van der Waals surface area (Å²) in [4.78, 5) is 4.24. The number of ether oxygens (including phenoxy) is 1. The summed E-state index contributed by atoms with van der Waals surface area (Å²) < 4.78 is 5.65. The van der Waals surface area contributed by atoms with Crippen molar-refractivity contribution in [1.29, 1.82) is 0 Å². The Hall–Kier alpha value is -1.29. The summed E-state index contributed by atoms with van der Waals surface area (Å²) in [5.74, 6) is 1.92. The molecule has 1 aliphatic rings. The van der Waals surface area contributed by atoms with Crippen molar-refractivity contribution < 1.29 is 9.84 Å². The first-order chi connectivity index (χ1) is 8.16. The summed E-state index contributed by atoms with van der Waals surface area (Å²) in [5, 5.41) is 12.9. The van der Waals surface area contributed by atoms with Crippen LogP contribution in [0.15, 0.2) is 18.3 Å². The minimum atomic E-state index is -0.274. The molecule has 0 aliphatic heterocycles. The highest BCUT2D eigenvalue weighted by atomic mass is 16.5. The van der Waals surface area contributed by atoms with Crippen LogP contribution in [-0.4, -0.2) is 28.8 Å². The third kappa shape index (κ3) is 3.60. The number of aliphatic hydroxyl groups excluding tert-OH is 1. The van der Waals surface area contributed by atoms with Crippen molar-refractivity contribution in [3.63, 3.8) is 0 Å². The number of hydrogen-bond donors (Lipinski definition) is 2. The number of aromatic nitrogens is 1. The van der Waals surface area contributed by atoms with Gasteiger partial charge in [-0.25, -0.2) is 4.98 Å². The molecule has 0 saturated heterocycles. The van der Waals surface area contributed by atoms with Crippen LogP contribution in [0.5, 0.6) is 5.75 Å². The Kier molecular flexibility index (Phi) is 3.84. The maximum atomic E-state index is 9.79. The Labute approximate surface area is 102 Å². The topological polar surface area (TPSA) is 54.4 Å². The monoisotopic (exact) mass is 236 g/mol. The zero-order chi connectivity index (χ0) is 12.3. The number of nitrogens with zero attached hydrogens (tertiary/aromatic N) is 1. The summed E-state index contributed by atoms with van der Waals surface area (Å²) in [6.07, 6.45) is 3.84. The Balaban J connectivity index is 1.93. The Morgan fingerprint density at radius 3 is 2.94 bits per heavy atom. The summed E-state index contributed by atoms with van der Waals surface area (Å²) in [6.45, 7) is 4.50. The molecule has 4 nitrogen and oxygen atoms in total. The van der Waals surface area contributed by atoms with Crippen LogP contribution >= 0.6 is 0 Å². The third-order valence-electron chi connectivity index (χ3n) is 2.78. The van der Waals surface area contributed by atoms with Gasteiger partial charge in [0.1, 0.15) is 0 Å². The summed E-state index contributed by atoms with van der Waals surface area (Å²) >= 11 is 0. The molecule has 1 aliphatic carbocycles. The van der Waals surface area contributed by atoms with Gasteiger partial charge in [0.2, 0.25) is 0 Å². The quantitative estimate of drug-likeness (QED) is 0.793. The molecule has 1 heterocycles. The van der Waals surface area contributed by atoms with E-state index in [1.165, 1.54) is 0 Å². The van der Waals surface area contributed by atoms with Gasteiger partial charge in [-0.2, -0.15) is 0 Å². The van der Waals surface area contributed by atoms with Crippen LogP contribution < -0.4 is 10.1 Å². The summed E-state index contributed by atoms with van der Waals surface area (Å²) in [7, 11) is 0. The van der Waals surface area contributed by atoms with Crippen molar-refractivity contribution in [3.8, 4) is 5.75 Å². The van der Waals surface area contributed by atoms with Gasteiger partial charge in [-0.3, -0.25) is 0 Å². The lowest BCUT2D eigenvalue weighted by Gasteiger charge is -2.16. The van der Waals surface area contributed by atoms with Crippen LogP contribution in [0.2, 0.25) is 0 Å². The predicted molar refractivity (Wildman–Crippen MR) is 67.2 cm³/mol. The Bertz CT molecular complexity index is 364. The van der Waals surface area contributed by atoms with Gasteiger partial charge >= 0.3 is 0 Å². The van der Waals surface area contributed by atoms with E-state index in [4.69, 9.17) is 4.74 Å². The maximum absolute atomic E-state index is 9.79. The van der Waals surface area contributed by atoms with E-state index in [2.05, 4.69) is 10.3 Å². The molecule has 0 spiro atoms. The van der Waals surface area contributed by atoms with Crippen LogP contribution in [0, 0.1) is 5.92 Å². The van der Waals surface area contributed by atoms with Gasteiger partial charge in [0.25, 0.3) is 0 Å². The molecule has 2 rings (SSSR count). The molecule has 1 fully saturated rings. The van der Waals surface area contributed by atoms with Crippen molar-refractivity contribution in [2.24, 2.45) is 5.92 Å². The largest absolute Gasteiger partial charge is 0.487 e. The predicted octanol–water partition coefficient (Wildman–Crippen LogP) is 2.05. The molecule has 4 heteroatoms. The molecule has 2 N–H and O–H groups in total. The fraction of sp³-hybridized carbons (Fsp3) is 0.615. The molecule has 0 amide bonds. The molecule has 1 unspecified atom stereocenters. The number of anilines is 1. The van der Waals surface area contributed by atoms with E-state index in [-0.39, 0.29) is 12.2 Å². The highest BCUT2D eigenvalue weighted by Gasteiger charge is 2.29. The van der Waals surface area contributed by atoms with Gasteiger partial charge in [0.15, 0.2) is 11.6 Å². The summed E-state index contributed by atoms with van der Waals surface area (Å²) in [6, 6.07) is 3.74. The van der Waals surface area contributed by atoms with Crippen LogP contribution in [0.25, 0.3) is 0 Å². The molecule has 1 aromatic heterocycles. The molecule has 0 bridgehead atoms. The Morgan fingerprint density at radius 2 is 2.29 bits per heavy atom. The zero-order valence-corrected chi connectivity index (χ0v) is 10.4. The van der Waals surface area contributed by atoms with Gasteiger partial charge in [-0.1, -0.05) is 0 Å². The number of nitrogens with one attached hydrogen (secondary N) is 1. The van der Waals surface area contributed by atoms with Crippen molar-refractivity contribution >= 4 is 5.82 Å². The number of rotatable bonds is 6. The molecule has 0 aromatic carbocycles. The van der Waals surface area contributed by atoms with E-state index in [0.717, 1.165) is 18.6 Å². The molecule has 0 radical (unpaired) electrons. The molecule has 17 heavy (non-hydrogen) atoms. The van der Waals surface area contributed by atoms with Crippen molar-refractivity contribution in [1.82, 2.24) is 4.98 Å². The maximum Gasteiger partial charge on any atom is 0.168 e. The standard InChI is InChI=1S/C13H20N2O2/c1-9(2)17-12-4-3-7-14-13(12)15-8-11(16)10-5-6-10/h3-4,7,9-11,16H,5-6,8H2,1-2H3,(H,14,15). The molecule has 1 atom stereocenters. The van der Waals surface area contributed by atoms with E-state index in [0.29, 0.717) is 18.3 Å². The first-order valence-electron chi connectivity index (χ1n) is 6.20. The minimum Gasteiger partial charge on any atom is -0.487 e. The summed E-state index contributed by atoms with van der Waals surface area (Å²) in [5.41, 5.74) is 0. The lowest BCUT2D eigenvalue weighted by molar-refractivity contribution is 0.164. The third-order valence-corrected chi connectivity index (χ3v) is 2.78. The number of hydrogen-bond acceptors (Lipinski definition) is 4. The first-order valence-corrected chi connectivity index (χ1v) is 6.20. The van der Waals surface area contributed by atoms with Crippen LogP contribution in [0.3, 0.4) is 0 Å². The lowest BCUT2D eigenvalue weighted by atomic mass is 10.2. The molecule has 1 aromatic rings. The van der Waals surface area contributed by atoms with Crippen LogP contribution in [-0.2, 0) is 0 Å². The first kappa shape index (κ1) is 12.2. The van der Waals surface area contributed by atoms with E-state index in [9.17, 15) is 5.11 Å². The molecular formula is C13H20N2O2. The van der Waals surface area contributed by atoms with Gasteiger partial charge < -0.3 is 15.2 Å². The van der Waals surface area contributed by atoms with E-state index >= 15 is 0 Å². The van der Waals surface area contributed by atoms with Crippen LogP contribution in [0.4, 0.5) is 5.82 Å². The van der Waals surface area contributed by atoms with Gasteiger partial charge in [0.05, 0.1) is 12.2 Å². The van der Waals surface area contributed by atoms with Crippen LogP contribution in [0.1, 0.15) is 26.7 Å². The zero-order valence-electron chi connectivity index (χ0n) is 10.4. The average molecular weight is 236 g/mol. The van der Waals surface area contributed by atoms with Gasteiger partial charge in [0, 0.05) is 12.7 Å². The normalized spacial score (nSPS) is 16.9. The molecular weight excluding hydrogens is 216 g/mol. The fourth-order valence-corrected chi connectivity index (χ4v) is 1.72. The van der Waals surface area contributed by atoms with E-state index in [1.807, 2.05) is 26.0 Å². The fourth-order valence-electron chi connectivity index (χ4n) is 1.72. The van der Waals surface area contributed by atoms with E-state index in [1.54, 1.807) is 6.20 Å². The van der Waals surface area contributed by atoms with E-state index < -0.39 is 0 Å². The van der Waals surface area contributed by atoms with Gasteiger partial charge in [-0.15, -0.1) is 0 Å².